The third kappa shape index (κ3) is 4.11. The van der Waals surface area contributed by atoms with Crippen LogP contribution in [0.15, 0.2) is 42.6 Å². The number of benzene rings is 1. The fourth-order valence-electron chi connectivity index (χ4n) is 3.25. The van der Waals surface area contributed by atoms with E-state index in [-0.39, 0.29) is 23.9 Å². The number of hydrogen-bond donors (Lipinski definition) is 3. The zero-order chi connectivity index (χ0) is 20.3. The van der Waals surface area contributed by atoms with Crippen LogP contribution in [0.3, 0.4) is 0 Å². The van der Waals surface area contributed by atoms with Crippen molar-refractivity contribution >= 4 is 25.2 Å². The molecule has 3 amide bonds. The zero-order valence-corrected chi connectivity index (χ0v) is 16.7. The maximum Gasteiger partial charge on any atom is 0.315 e. The van der Waals surface area contributed by atoms with E-state index in [1.165, 1.54) is 12.5 Å². The van der Waals surface area contributed by atoms with Crippen molar-refractivity contribution in [2.75, 3.05) is 13.6 Å². The monoisotopic (exact) mass is 379 g/mol. The fraction of sp³-hybridized carbons (Fsp3) is 0.350. The zero-order valence-electron chi connectivity index (χ0n) is 16.7. The summed E-state index contributed by atoms with van der Waals surface area (Å²) in [7, 11) is 3.58. The molecule has 2 heterocycles. The first-order chi connectivity index (χ1) is 13.4. The molecule has 0 saturated heterocycles. The van der Waals surface area contributed by atoms with Gasteiger partial charge < -0.3 is 20.5 Å². The number of carbonyl (C=O) groups is 2. The molecule has 2 aromatic rings. The number of amides is 3. The second-order valence-electron chi connectivity index (χ2n) is 7.35. The van der Waals surface area contributed by atoms with Crippen molar-refractivity contribution in [1.82, 2.24) is 25.5 Å². The van der Waals surface area contributed by atoms with Gasteiger partial charge in [-0.15, -0.1) is 0 Å². The Balaban J connectivity index is 1.80. The van der Waals surface area contributed by atoms with E-state index < -0.39 is 6.04 Å². The first-order valence-electron chi connectivity index (χ1n) is 9.48. The highest BCUT2D eigenvalue weighted by Gasteiger charge is 2.35. The van der Waals surface area contributed by atoms with Crippen LogP contribution >= 0.6 is 0 Å². The van der Waals surface area contributed by atoms with Crippen molar-refractivity contribution in [1.29, 1.82) is 0 Å². The molecule has 1 aromatic heterocycles. The van der Waals surface area contributed by atoms with Gasteiger partial charge in [0.2, 0.25) is 5.91 Å². The number of H-pyrrole nitrogens is 1. The number of rotatable bonds is 5. The van der Waals surface area contributed by atoms with Gasteiger partial charge in [0.25, 0.3) is 0 Å². The summed E-state index contributed by atoms with van der Waals surface area (Å²) >= 11 is 0. The minimum Gasteiger partial charge on any atom is -0.346 e. The lowest BCUT2D eigenvalue weighted by atomic mass is 9.95. The van der Waals surface area contributed by atoms with E-state index in [0.29, 0.717) is 12.4 Å². The Labute approximate surface area is 166 Å². The first-order valence-corrected chi connectivity index (χ1v) is 9.48. The van der Waals surface area contributed by atoms with Gasteiger partial charge in [-0.05, 0) is 5.92 Å². The third-order valence-corrected chi connectivity index (χ3v) is 4.91. The van der Waals surface area contributed by atoms with Crippen LogP contribution in [0, 0.1) is 5.92 Å². The summed E-state index contributed by atoms with van der Waals surface area (Å²) in [4.78, 5) is 34.5. The van der Waals surface area contributed by atoms with E-state index in [1.54, 1.807) is 4.90 Å². The van der Waals surface area contributed by atoms with E-state index in [1.807, 2.05) is 64.3 Å². The van der Waals surface area contributed by atoms with E-state index in [9.17, 15) is 9.59 Å². The second-order valence-corrected chi connectivity index (χ2v) is 7.35. The highest BCUT2D eigenvalue weighted by atomic mass is 16.2. The van der Waals surface area contributed by atoms with E-state index in [0.717, 1.165) is 11.3 Å². The highest BCUT2D eigenvalue weighted by Crippen LogP contribution is 2.28. The molecule has 0 saturated carbocycles. The van der Waals surface area contributed by atoms with E-state index in [2.05, 4.69) is 15.6 Å². The standard InChI is InChI=1S/C20H26BN5O2/c1-12(2)17(25-20(28)22-3)19(27)26-10-4-5-16(26)18-23-11-15(24-18)13-6-8-14(21)9-7-13/h4-9,11-12,16-17H,10,21H2,1-3H3,(H,23,24)(H2,22,25,28)/t16-,17?/m0/s1. The van der Waals surface area contributed by atoms with Gasteiger partial charge in [-0.2, -0.15) is 0 Å². The highest BCUT2D eigenvalue weighted by molar-refractivity contribution is 6.32. The van der Waals surface area contributed by atoms with Gasteiger partial charge in [0, 0.05) is 25.4 Å². The number of nitrogens with one attached hydrogen (secondary N) is 3. The molecular weight excluding hydrogens is 353 g/mol. The number of imidazole rings is 1. The number of nitrogens with zero attached hydrogens (tertiary/aromatic N) is 2. The Bertz CT molecular complexity index is 875. The molecule has 0 radical (unpaired) electrons. The van der Waals surface area contributed by atoms with Gasteiger partial charge in [-0.3, -0.25) is 4.79 Å². The van der Waals surface area contributed by atoms with Crippen molar-refractivity contribution in [3.8, 4) is 11.3 Å². The number of carbonyl (C=O) groups excluding carboxylic acids is 2. The minimum absolute atomic E-state index is 0.0363. The molecule has 3 rings (SSSR count). The molecule has 8 heteroatoms. The molecule has 3 N–H and O–H groups in total. The van der Waals surface area contributed by atoms with Gasteiger partial charge >= 0.3 is 6.03 Å². The SMILES string of the molecule is Bc1ccc(-c2c[nH]c([C@@H]3C=CCN3C(=O)C(NC(=O)NC)C(C)C)n2)cc1. The van der Waals surface area contributed by atoms with Crippen LogP contribution in [0.5, 0.6) is 0 Å². The molecule has 1 aliphatic rings. The molecule has 0 bridgehead atoms. The maximum atomic E-state index is 13.1. The number of aromatic amines is 1. The summed E-state index contributed by atoms with van der Waals surface area (Å²) < 4.78 is 0. The molecule has 7 nitrogen and oxygen atoms in total. The molecule has 0 fully saturated rings. The summed E-state index contributed by atoms with van der Waals surface area (Å²) in [6.45, 7) is 4.32. The Morgan fingerprint density at radius 2 is 2.00 bits per heavy atom. The van der Waals surface area contributed by atoms with Crippen LogP contribution in [-0.4, -0.2) is 54.3 Å². The van der Waals surface area contributed by atoms with Crippen molar-refractivity contribution < 1.29 is 9.59 Å². The minimum atomic E-state index is -0.603. The van der Waals surface area contributed by atoms with Gasteiger partial charge in [0.1, 0.15) is 25.8 Å². The number of urea groups is 1. The molecular formula is C20H26BN5O2. The van der Waals surface area contributed by atoms with Gasteiger partial charge in [0.05, 0.1) is 5.69 Å². The largest absolute Gasteiger partial charge is 0.346 e. The lowest BCUT2D eigenvalue weighted by molar-refractivity contribution is -0.134. The van der Waals surface area contributed by atoms with E-state index in [4.69, 9.17) is 4.98 Å². The third-order valence-electron chi connectivity index (χ3n) is 4.91. The molecule has 1 aliphatic heterocycles. The summed E-state index contributed by atoms with van der Waals surface area (Å²) in [6, 6.07) is 6.92. The predicted molar refractivity (Wildman–Crippen MR) is 112 cm³/mol. The molecule has 2 atom stereocenters. The molecule has 0 aliphatic carbocycles. The van der Waals surface area contributed by atoms with Crippen LogP contribution in [0.2, 0.25) is 0 Å². The molecule has 146 valence electrons. The topological polar surface area (TPSA) is 90.1 Å². The average molecular weight is 379 g/mol. The summed E-state index contributed by atoms with van der Waals surface area (Å²) in [5, 5.41) is 5.26. The first kappa shape index (κ1) is 19.7. The number of hydrogen-bond acceptors (Lipinski definition) is 3. The fourth-order valence-corrected chi connectivity index (χ4v) is 3.25. The smallest absolute Gasteiger partial charge is 0.315 e. The van der Waals surface area contributed by atoms with Crippen molar-refractivity contribution in [3.05, 3.63) is 48.4 Å². The Morgan fingerprint density at radius 1 is 1.29 bits per heavy atom. The van der Waals surface area contributed by atoms with Crippen molar-refractivity contribution in [3.63, 3.8) is 0 Å². The quantitative estimate of drug-likeness (QED) is 0.529. The normalized spacial score (nSPS) is 17.0. The van der Waals surface area contributed by atoms with Gasteiger partial charge in [-0.1, -0.05) is 55.7 Å². The van der Waals surface area contributed by atoms with Crippen molar-refractivity contribution in [2.45, 2.75) is 25.9 Å². The average Bonchev–Trinajstić information content (AvgIpc) is 3.34. The summed E-state index contributed by atoms with van der Waals surface area (Å²) in [5.41, 5.74) is 3.05. The second kappa shape index (κ2) is 8.33. The van der Waals surface area contributed by atoms with Crippen LogP contribution in [-0.2, 0) is 4.79 Å². The molecule has 28 heavy (non-hydrogen) atoms. The lowest BCUT2D eigenvalue weighted by Crippen LogP contribution is -2.53. The van der Waals surface area contributed by atoms with E-state index >= 15 is 0 Å². The summed E-state index contributed by atoms with van der Waals surface area (Å²) in [5.74, 6) is 0.549. The van der Waals surface area contributed by atoms with Gasteiger partial charge in [-0.25, -0.2) is 9.78 Å². The lowest BCUT2D eigenvalue weighted by Gasteiger charge is -2.30. The summed E-state index contributed by atoms with van der Waals surface area (Å²) in [6.07, 6.45) is 5.78. The Morgan fingerprint density at radius 3 is 2.64 bits per heavy atom. The molecule has 1 aromatic carbocycles. The van der Waals surface area contributed by atoms with Crippen LogP contribution in [0.1, 0.15) is 25.7 Å². The van der Waals surface area contributed by atoms with Crippen LogP contribution < -0.4 is 16.1 Å². The van der Waals surface area contributed by atoms with Crippen molar-refractivity contribution in [2.24, 2.45) is 5.92 Å². The maximum absolute atomic E-state index is 13.1. The van der Waals surface area contributed by atoms with Crippen LogP contribution in [0.4, 0.5) is 4.79 Å². The molecule has 0 spiro atoms. The van der Waals surface area contributed by atoms with Gasteiger partial charge in [0.15, 0.2) is 0 Å². The van der Waals surface area contributed by atoms with Crippen LogP contribution in [0.25, 0.3) is 11.3 Å². The Hall–Kier alpha value is -3.03. The Kier molecular flexibility index (Phi) is 5.87. The predicted octanol–water partition coefficient (Wildman–Crippen LogP) is 0.728. The number of aromatic nitrogens is 2. The molecule has 1 unspecified atom stereocenters.